The minimum absolute atomic E-state index is 0.0924. The lowest BCUT2D eigenvalue weighted by atomic mass is 9.74. The van der Waals surface area contributed by atoms with E-state index in [0.717, 1.165) is 38.2 Å². The van der Waals surface area contributed by atoms with Crippen molar-refractivity contribution in [2.45, 2.75) is 24.8 Å². The van der Waals surface area contributed by atoms with Gasteiger partial charge in [-0.15, -0.1) is 0 Å². The third kappa shape index (κ3) is 4.29. The fraction of sp³-hybridized carbons (Fsp3) is 0.400. The van der Waals surface area contributed by atoms with E-state index >= 15 is 0 Å². The fourth-order valence-corrected chi connectivity index (χ4v) is 4.14. The van der Waals surface area contributed by atoms with E-state index in [9.17, 15) is 0 Å². The number of benzene rings is 2. The molecule has 0 saturated carbocycles. The summed E-state index contributed by atoms with van der Waals surface area (Å²) in [7, 11) is 1.63. The van der Waals surface area contributed by atoms with Crippen molar-refractivity contribution in [2.75, 3.05) is 26.9 Å². The molecule has 0 spiro atoms. The van der Waals surface area contributed by atoms with Gasteiger partial charge in [-0.05, 0) is 30.5 Å². The molecule has 1 saturated heterocycles. The van der Waals surface area contributed by atoms with Crippen molar-refractivity contribution in [3.63, 3.8) is 0 Å². The van der Waals surface area contributed by atoms with Gasteiger partial charge >= 0.3 is 0 Å². The number of ether oxygens (including phenoxy) is 2. The van der Waals surface area contributed by atoms with E-state index in [1.807, 2.05) is 6.07 Å². The summed E-state index contributed by atoms with van der Waals surface area (Å²) in [5.41, 5.74) is 2.42. The molecule has 1 heterocycles. The lowest BCUT2D eigenvalue weighted by Crippen LogP contribution is -2.42. The molecule has 1 N–H and O–H groups in total. The van der Waals surface area contributed by atoms with E-state index in [0.29, 0.717) is 22.3 Å². The Kier molecular flexibility index (Phi) is 6.24. The Labute approximate surface area is 159 Å². The van der Waals surface area contributed by atoms with Gasteiger partial charge in [0, 0.05) is 42.3 Å². The molecule has 0 aromatic heterocycles. The molecule has 3 rings (SSSR count). The van der Waals surface area contributed by atoms with Crippen molar-refractivity contribution >= 4 is 23.2 Å². The van der Waals surface area contributed by atoms with E-state index in [1.54, 1.807) is 13.2 Å². The SMILES string of the molecule is COc1c(Cl)cc(Cl)cc1CNCC1(c2ccccc2)CCOCC1. The largest absolute Gasteiger partial charge is 0.495 e. The number of halogens is 2. The molecule has 1 fully saturated rings. The summed E-state index contributed by atoms with van der Waals surface area (Å²) in [5.74, 6) is 0.680. The molecular formula is C20H23Cl2NO2. The smallest absolute Gasteiger partial charge is 0.142 e. The maximum Gasteiger partial charge on any atom is 0.142 e. The fourth-order valence-electron chi connectivity index (χ4n) is 3.53. The molecule has 3 nitrogen and oxygen atoms in total. The first kappa shape index (κ1) is 18.5. The summed E-state index contributed by atoms with van der Waals surface area (Å²) < 4.78 is 11.0. The number of hydrogen-bond donors (Lipinski definition) is 1. The van der Waals surface area contributed by atoms with Crippen LogP contribution >= 0.6 is 23.2 Å². The maximum absolute atomic E-state index is 6.23. The summed E-state index contributed by atoms with van der Waals surface area (Å²) >= 11 is 12.4. The van der Waals surface area contributed by atoms with Crippen molar-refractivity contribution < 1.29 is 9.47 Å². The summed E-state index contributed by atoms with van der Waals surface area (Å²) in [6.07, 6.45) is 2.02. The molecule has 2 aromatic carbocycles. The van der Waals surface area contributed by atoms with Gasteiger partial charge in [0.1, 0.15) is 5.75 Å². The third-order valence-corrected chi connectivity index (χ3v) is 5.40. The molecule has 134 valence electrons. The number of hydrogen-bond acceptors (Lipinski definition) is 3. The summed E-state index contributed by atoms with van der Waals surface area (Å²) in [6.45, 7) is 3.11. The Balaban J connectivity index is 1.75. The van der Waals surface area contributed by atoms with Crippen LogP contribution in [-0.4, -0.2) is 26.9 Å². The van der Waals surface area contributed by atoms with Crippen molar-refractivity contribution in [1.82, 2.24) is 5.32 Å². The average Bonchev–Trinajstić information content (AvgIpc) is 2.63. The van der Waals surface area contributed by atoms with Gasteiger partial charge in [-0.3, -0.25) is 0 Å². The molecule has 0 bridgehead atoms. The number of methoxy groups -OCH3 is 1. The first-order valence-electron chi connectivity index (χ1n) is 8.50. The monoisotopic (exact) mass is 379 g/mol. The van der Waals surface area contributed by atoms with Crippen LogP contribution in [0.4, 0.5) is 0 Å². The zero-order chi connectivity index (χ0) is 17.7. The van der Waals surface area contributed by atoms with Gasteiger partial charge in [0.2, 0.25) is 0 Å². The van der Waals surface area contributed by atoms with E-state index in [2.05, 4.69) is 35.6 Å². The molecule has 5 heteroatoms. The molecule has 25 heavy (non-hydrogen) atoms. The quantitative estimate of drug-likeness (QED) is 0.778. The van der Waals surface area contributed by atoms with Gasteiger partial charge < -0.3 is 14.8 Å². The second kappa shape index (κ2) is 8.41. The highest BCUT2D eigenvalue weighted by molar-refractivity contribution is 6.35. The predicted molar refractivity (Wildman–Crippen MR) is 103 cm³/mol. The van der Waals surface area contributed by atoms with Gasteiger partial charge in [-0.1, -0.05) is 53.5 Å². The predicted octanol–water partition coefficient (Wildman–Crippen LogP) is 4.84. The van der Waals surface area contributed by atoms with E-state index in [-0.39, 0.29) is 5.41 Å². The van der Waals surface area contributed by atoms with Crippen molar-refractivity contribution in [1.29, 1.82) is 0 Å². The van der Waals surface area contributed by atoms with Crippen LogP contribution in [0.1, 0.15) is 24.0 Å². The first-order chi connectivity index (χ1) is 12.1. The van der Waals surface area contributed by atoms with Gasteiger partial charge in [0.15, 0.2) is 0 Å². The molecule has 1 aliphatic heterocycles. The molecule has 1 aliphatic rings. The lowest BCUT2D eigenvalue weighted by molar-refractivity contribution is 0.0497. The average molecular weight is 380 g/mol. The van der Waals surface area contributed by atoms with Crippen LogP contribution in [0.15, 0.2) is 42.5 Å². The van der Waals surface area contributed by atoms with E-state index in [1.165, 1.54) is 5.56 Å². The zero-order valence-corrected chi connectivity index (χ0v) is 15.9. The second-order valence-electron chi connectivity index (χ2n) is 6.44. The standard InChI is InChI=1S/C20H23Cl2NO2/c1-24-19-15(11-17(21)12-18(19)22)13-23-14-20(7-9-25-10-8-20)16-5-3-2-4-6-16/h2-6,11-12,23H,7-10,13-14H2,1H3. The molecular weight excluding hydrogens is 357 g/mol. The molecule has 0 aliphatic carbocycles. The topological polar surface area (TPSA) is 30.5 Å². The van der Waals surface area contributed by atoms with Crippen LogP contribution in [0, 0.1) is 0 Å². The number of rotatable bonds is 6. The van der Waals surface area contributed by atoms with Crippen molar-refractivity contribution in [3.05, 3.63) is 63.6 Å². The van der Waals surface area contributed by atoms with Gasteiger partial charge in [-0.2, -0.15) is 0 Å². The molecule has 0 radical (unpaired) electrons. The van der Waals surface area contributed by atoms with Crippen molar-refractivity contribution in [2.24, 2.45) is 0 Å². The molecule has 0 atom stereocenters. The minimum Gasteiger partial charge on any atom is -0.495 e. The summed E-state index contributed by atoms with van der Waals surface area (Å²) in [5, 5.41) is 4.74. The van der Waals surface area contributed by atoms with Crippen LogP contribution in [0.25, 0.3) is 0 Å². The van der Waals surface area contributed by atoms with Crippen LogP contribution in [0.3, 0.4) is 0 Å². The normalized spacial score (nSPS) is 16.6. The van der Waals surface area contributed by atoms with Crippen molar-refractivity contribution in [3.8, 4) is 5.75 Å². The van der Waals surface area contributed by atoms with Crippen LogP contribution in [0.2, 0.25) is 10.0 Å². The Morgan fingerprint density at radius 3 is 2.52 bits per heavy atom. The zero-order valence-electron chi connectivity index (χ0n) is 14.4. The molecule has 0 amide bonds. The Morgan fingerprint density at radius 1 is 1.12 bits per heavy atom. The second-order valence-corrected chi connectivity index (χ2v) is 7.29. The van der Waals surface area contributed by atoms with Crippen LogP contribution in [-0.2, 0) is 16.7 Å². The first-order valence-corrected chi connectivity index (χ1v) is 9.26. The Morgan fingerprint density at radius 2 is 1.84 bits per heavy atom. The van der Waals surface area contributed by atoms with Gasteiger partial charge in [0.25, 0.3) is 0 Å². The third-order valence-electron chi connectivity index (χ3n) is 4.90. The lowest BCUT2D eigenvalue weighted by Gasteiger charge is -2.38. The van der Waals surface area contributed by atoms with Gasteiger partial charge in [0.05, 0.1) is 12.1 Å². The molecule has 2 aromatic rings. The van der Waals surface area contributed by atoms with Gasteiger partial charge in [-0.25, -0.2) is 0 Å². The number of nitrogens with one attached hydrogen (secondary N) is 1. The van der Waals surface area contributed by atoms with Crippen LogP contribution in [0.5, 0.6) is 5.75 Å². The van der Waals surface area contributed by atoms with E-state index < -0.39 is 0 Å². The highest BCUT2D eigenvalue weighted by atomic mass is 35.5. The van der Waals surface area contributed by atoms with Crippen LogP contribution < -0.4 is 10.1 Å². The summed E-state index contributed by atoms with van der Waals surface area (Å²) in [4.78, 5) is 0. The highest BCUT2D eigenvalue weighted by Gasteiger charge is 2.34. The summed E-state index contributed by atoms with van der Waals surface area (Å²) in [6, 6.07) is 14.3. The Bertz CT molecular complexity index is 700. The Hall–Kier alpha value is -1.26. The maximum atomic E-state index is 6.23. The molecule has 0 unspecified atom stereocenters. The highest BCUT2D eigenvalue weighted by Crippen LogP contribution is 2.35. The minimum atomic E-state index is 0.0924. The van der Waals surface area contributed by atoms with E-state index in [4.69, 9.17) is 32.7 Å².